The number of benzene rings is 2. The van der Waals surface area contributed by atoms with Crippen LogP contribution in [0.4, 0.5) is 10.7 Å². The van der Waals surface area contributed by atoms with Gasteiger partial charge in [0.05, 0.1) is 23.9 Å². The average molecular weight is 449 g/mol. The molecule has 0 saturated carbocycles. The molecule has 1 heterocycles. The van der Waals surface area contributed by atoms with E-state index in [4.69, 9.17) is 4.74 Å². The number of hydrogen-bond donors (Lipinski definition) is 2. The Morgan fingerprint density at radius 2 is 1.69 bits per heavy atom. The maximum atomic E-state index is 13.4. The van der Waals surface area contributed by atoms with Crippen LogP contribution in [-0.4, -0.2) is 24.9 Å². The van der Waals surface area contributed by atoms with Crippen LogP contribution in [0.25, 0.3) is 0 Å². The first-order valence-corrected chi connectivity index (χ1v) is 11.3. The fourth-order valence-corrected chi connectivity index (χ4v) is 5.31. The SMILES string of the molecule is COC(=O)c1ccccc1NC(=O)c1c(NC(=O)c2ccccc2)sc2c1CCC(C)C2. The van der Waals surface area contributed by atoms with Crippen LogP contribution in [-0.2, 0) is 17.6 Å². The van der Waals surface area contributed by atoms with Crippen molar-refractivity contribution in [3.05, 3.63) is 81.7 Å². The number of anilines is 2. The number of rotatable bonds is 5. The third-order valence-corrected chi connectivity index (χ3v) is 6.75. The Bertz CT molecular complexity index is 1170. The van der Waals surface area contributed by atoms with Gasteiger partial charge in [0.15, 0.2) is 0 Å². The number of esters is 1. The summed E-state index contributed by atoms with van der Waals surface area (Å²) >= 11 is 1.46. The Labute approximate surface area is 190 Å². The lowest BCUT2D eigenvalue weighted by Gasteiger charge is -2.19. The highest BCUT2D eigenvalue weighted by Gasteiger charge is 2.29. The molecule has 1 aliphatic rings. The number of thiophene rings is 1. The summed E-state index contributed by atoms with van der Waals surface area (Å²) in [6, 6.07) is 15.6. The average Bonchev–Trinajstić information content (AvgIpc) is 3.16. The molecule has 1 aliphatic carbocycles. The number of fused-ring (bicyclic) bond motifs is 1. The van der Waals surface area contributed by atoms with Crippen molar-refractivity contribution in [3.63, 3.8) is 0 Å². The molecule has 164 valence electrons. The molecule has 3 aromatic rings. The fourth-order valence-electron chi connectivity index (χ4n) is 3.91. The minimum Gasteiger partial charge on any atom is -0.465 e. The van der Waals surface area contributed by atoms with Gasteiger partial charge in [-0.15, -0.1) is 11.3 Å². The van der Waals surface area contributed by atoms with Gasteiger partial charge in [-0.1, -0.05) is 37.3 Å². The van der Waals surface area contributed by atoms with Crippen molar-refractivity contribution in [1.82, 2.24) is 0 Å². The number of nitrogens with one attached hydrogen (secondary N) is 2. The highest BCUT2D eigenvalue weighted by Crippen LogP contribution is 2.40. The number of para-hydroxylation sites is 1. The van der Waals surface area contributed by atoms with Crippen LogP contribution < -0.4 is 10.6 Å². The minimum absolute atomic E-state index is 0.263. The Morgan fingerprint density at radius 1 is 0.969 bits per heavy atom. The number of methoxy groups -OCH3 is 1. The quantitative estimate of drug-likeness (QED) is 0.528. The molecule has 32 heavy (non-hydrogen) atoms. The summed E-state index contributed by atoms with van der Waals surface area (Å²) in [7, 11) is 1.30. The first kappa shape index (κ1) is 21.8. The molecule has 0 spiro atoms. The van der Waals surface area contributed by atoms with Gasteiger partial charge in [0.2, 0.25) is 0 Å². The predicted octanol–water partition coefficient (Wildman–Crippen LogP) is 5.16. The number of ether oxygens (including phenoxy) is 1. The van der Waals surface area contributed by atoms with Crippen LogP contribution in [0.2, 0.25) is 0 Å². The second-order valence-corrected chi connectivity index (χ2v) is 8.97. The van der Waals surface area contributed by atoms with E-state index in [0.717, 1.165) is 29.7 Å². The van der Waals surface area contributed by atoms with Crippen molar-refractivity contribution in [1.29, 1.82) is 0 Å². The second-order valence-electron chi connectivity index (χ2n) is 7.87. The van der Waals surface area contributed by atoms with Crippen LogP contribution in [0, 0.1) is 5.92 Å². The van der Waals surface area contributed by atoms with Crippen LogP contribution in [0.1, 0.15) is 54.9 Å². The molecule has 0 saturated heterocycles. The van der Waals surface area contributed by atoms with E-state index in [1.807, 2.05) is 6.07 Å². The molecule has 1 atom stereocenters. The Balaban J connectivity index is 1.69. The Hall–Kier alpha value is -3.45. The molecule has 0 aliphatic heterocycles. The van der Waals surface area contributed by atoms with Crippen LogP contribution in [0.3, 0.4) is 0 Å². The molecule has 6 nitrogen and oxygen atoms in total. The van der Waals surface area contributed by atoms with Crippen molar-refractivity contribution in [2.45, 2.75) is 26.2 Å². The van der Waals surface area contributed by atoms with Gasteiger partial charge in [0.25, 0.3) is 11.8 Å². The van der Waals surface area contributed by atoms with E-state index >= 15 is 0 Å². The molecule has 1 unspecified atom stereocenters. The predicted molar refractivity (Wildman–Crippen MR) is 126 cm³/mol. The van der Waals surface area contributed by atoms with Gasteiger partial charge in [-0.25, -0.2) is 4.79 Å². The molecular formula is C25H24N2O4S. The third-order valence-electron chi connectivity index (χ3n) is 5.58. The fraction of sp³-hybridized carbons (Fsp3) is 0.240. The zero-order valence-corrected chi connectivity index (χ0v) is 18.8. The largest absolute Gasteiger partial charge is 0.465 e. The zero-order valence-electron chi connectivity index (χ0n) is 17.9. The van der Waals surface area contributed by atoms with Gasteiger partial charge in [0.1, 0.15) is 5.00 Å². The Morgan fingerprint density at radius 3 is 2.44 bits per heavy atom. The smallest absolute Gasteiger partial charge is 0.339 e. The summed E-state index contributed by atoms with van der Waals surface area (Å²) in [6.45, 7) is 2.19. The van der Waals surface area contributed by atoms with Crippen LogP contribution in [0.5, 0.6) is 0 Å². The number of amides is 2. The van der Waals surface area contributed by atoms with Crippen molar-refractivity contribution in [2.24, 2.45) is 5.92 Å². The van der Waals surface area contributed by atoms with E-state index in [1.165, 1.54) is 18.4 Å². The molecule has 0 radical (unpaired) electrons. The maximum Gasteiger partial charge on any atom is 0.339 e. The van der Waals surface area contributed by atoms with Crippen molar-refractivity contribution >= 4 is 39.8 Å². The second kappa shape index (κ2) is 9.36. The third kappa shape index (κ3) is 4.43. The van der Waals surface area contributed by atoms with E-state index in [2.05, 4.69) is 17.6 Å². The molecule has 0 fully saturated rings. The van der Waals surface area contributed by atoms with Gasteiger partial charge in [-0.3, -0.25) is 9.59 Å². The van der Waals surface area contributed by atoms with Gasteiger partial charge in [-0.05, 0) is 55.0 Å². The maximum absolute atomic E-state index is 13.4. The van der Waals surface area contributed by atoms with Gasteiger partial charge < -0.3 is 15.4 Å². The molecule has 4 rings (SSSR count). The van der Waals surface area contributed by atoms with E-state index in [9.17, 15) is 14.4 Å². The lowest BCUT2D eigenvalue weighted by atomic mass is 9.88. The van der Waals surface area contributed by atoms with Gasteiger partial charge in [-0.2, -0.15) is 0 Å². The number of hydrogen-bond acceptors (Lipinski definition) is 5. The number of carbonyl (C=O) groups excluding carboxylic acids is 3. The summed E-state index contributed by atoms with van der Waals surface area (Å²) in [5.41, 5.74) is 2.62. The summed E-state index contributed by atoms with van der Waals surface area (Å²) < 4.78 is 4.83. The summed E-state index contributed by atoms with van der Waals surface area (Å²) in [5.74, 6) is -0.618. The minimum atomic E-state index is -0.528. The summed E-state index contributed by atoms with van der Waals surface area (Å²) in [4.78, 5) is 39.5. The van der Waals surface area contributed by atoms with Crippen molar-refractivity contribution < 1.29 is 19.1 Å². The Kier molecular flexibility index (Phi) is 6.37. The summed E-state index contributed by atoms with van der Waals surface area (Å²) in [5, 5.41) is 6.33. The standard InChI is InChI=1S/C25H24N2O4S/c1-15-12-13-18-20(14-15)32-24(27-22(28)16-8-4-3-5-9-16)21(18)23(29)26-19-11-7-6-10-17(19)25(30)31-2/h3-11,15H,12-14H2,1-2H3,(H,26,29)(H,27,28). The molecule has 7 heteroatoms. The van der Waals surface area contributed by atoms with E-state index in [0.29, 0.717) is 27.7 Å². The van der Waals surface area contributed by atoms with Gasteiger partial charge in [0, 0.05) is 10.4 Å². The molecular weight excluding hydrogens is 424 g/mol. The molecule has 2 N–H and O–H groups in total. The zero-order chi connectivity index (χ0) is 22.7. The van der Waals surface area contributed by atoms with Crippen molar-refractivity contribution in [3.8, 4) is 0 Å². The monoisotopic (exact) mass is 448 g/mol. The molecule has 1 aromatic heterocycles. The molecule has 2 amide bonds. The summed E-state index contributed by atoms with van der Waals surface area (Å²) in [6.07, 6.45) is 2.63. The van der Waals surface area contributed by atoms with E-state index in [-0.39, 0.29) is 17.4 Å². The molecule has 0 bridgehead atoms. The highest BCUT2D eigenvalue weighted by molar-refractivity contribution is 7.17. The first-order chi connectivity index (χ1) is 15.5. The normalized spacial score (nSPS) is 14.9. The molecule has 2 aromatic carbocycles. The topological polar surface area (TPSA) is 84.5 Å². The van der Waals surface area contributed by atoms with E-state index in [1.54, 1.807) is 48.5 Å². The van der Waals surface area contributed by atoms with Gasteiger partial charge >= 0.3 is 5.97 Å². The number of carbonyl (C=O) groups is 3. The first-order valence-electron chi connectivity index (χ1n) is 10.5. The highest BCUT2D eigenvalue weighted by atomic mass is 32.1. The van der Waals surface area contributed by atoms with E-state index < -0.39 is 5.97 Å². The van der Waals surface area contributed by atoms with Crippen molar-refractivity contribution in [2.75, 3.05) is 17.7 Å². The lowest BCUT2D eigenvalue weighted by molar-refractivity contribution is 0.0601. The van der Waals surface area contributed by atoms with Crippen LogP contribution in [0.15, 0.2) is 54.6 Å². The van der Waals surface area contributed by atoms with Crippen LogP contribution >= 0.6 is 11.3 Å². The lowest BCUT2D eigenvalue weighted by Crippen LogP contribution is -2.20.